The highest BCUT2D eigenvalue weighted by Gasteiger charge is 2.11. The molecule has 0 saturated carbocycles. The molecule has 0 radical (unpaired) electrons. The van der Waals surface area contributed by atoms with Crippen molar-refractivity contribution in [3.8, 4) is 0 Å². The standard InChI is InChI=1S/C14H32N4O2/c1-13(19)11-17-7-3-15-5-9-18(12-14(2)20)10-6-16-4-8-17/h13-16,19-20H,3-12H2,1-2H3. The summed E-state index contributed by atoms with van der Waals surface area (Å²) in [5, 5.41) is 25.9. The van der Waals surface area contributed by atoms with E-state index in [4.69, 9.17) is 0 Å². The summed E-state index contributed by atoms with van der Waals surface area (Å²) in [7, 11) is 0. The Bertz CT molecular complexity index is 203. The minimum atomic E-state index is -0.274. The molecule has 1 heterocycles. The second-order valence-corrected chi connectivity index (χ2v) is 5.80. The van der Waals surface area contributed by atoms with E-state index in [0.717, 1.165) is 65.4 Å². The van der Waals surface area contributed by atoms with Gasteiger partial charge in [-0.25, -0.2) is 0 Å². The van der Waals surface area contributed by atoms with Gasteiger partial charge in [0.1, 0.15) is 0 Å². The van der Waals surface area contributed by atoms with Gasteiger partial charge in [-0.05, 0) is 13.8 Å². The fourth-order valence-corrected chi connectivity index (χ4v) is 2.53. The summed E-state index contributed by atoms with van der Waals surface area (Å²) in [5.74, 6) is 0. The maximum Gasteiger partial charge on any atom is 0.0639 e. The van der Waals surface area contributed by atoms with E-state index in [1.807, 2.05) is 13.8 Å². The molecule has 1 rings (SSSR count). The number of aliphatic hydroxyl groups excluding tert-OH is 2. The SMILES string of the molecule is CC(O)CN1CCNCCN(CC(C)O)CCNCC1. The van der Waals surface area contributed by atoms with Crippen LogP contribution in [0.3, 0.4) is 0 Å². The van der Waals surface area contributed by atoms with Crippen molar-refractivity contribution < 1.29 is 10.2 Å². The average Bonchev–Trinajstić information content (AvgIpc) is 2.33. The van der Waals surface area contributed by atoms with Crippen molar-refractivity contribution >= 4 is 0 Å². The number of β-amino-alcohol motifs (C(OH)–C–C–N with tert-alkyl or cyclic N) is 2. The van der Waals surface area contributed by atoms with Crippen molar-refractivity contribution in [2.75, 3.05) is 65.4 Å². The highest BCUT2D eigenvalue weighted by atomic mass is 16.3. The Labute approximate surface area is 123 Å². The number of aliphatic hydroxyl groups is 2. The first-order valence-electron chi connectivity index (χ1n) is 7.80. The average molecular weight is 288 g/mol. The van der Waals surface area contributed by atoms with Gasteiger partial charge < -0.3 is 20.8 Å². The molecule has 2 unspecified atom stereocenters. The maximum atomic E-state index is 9.50. The molecule has 0 spiro atoms. The molecule has 1 fully saturated rings. The lowest BCUT2D eigenvalue weighted by Crippen LogP contribution is -2.45. The van der Waals surface area contributed by atoms with Gasteiger partial charge in [-0.2, -0.15) is 0 Å². The summed E-state index contributed by atoms with van der Waals surface area (Å²) in [6.07, 6.45) is -0.547. The van der Waals surface area contributed by atoms with Gasteiger partial charge in [-0.3, -0.25) is 9.80 Å². The Morgan fingerprint density at radius 2 is 1.05 bits per heavy atom. The van der Waals surface area contributed by atoms with E-state index in [1.54, 1.807) is 0 Å². The summed E-state index contributed by atoms with van der Waals surface area (Å²) in [6, 6.07) is 0. The first-order chi connectivity index (χ1) is 9.58. The van der Waals surface area contributed by atoms with E-state index in [1.165, 1.54) is 0 Å². The summed E-state index contributed by atoms with van der Waals surface area (Å²) in [6.45, 7) is 12.7. The Kier molecular flexibility index (Phi) is 9.33. The van der Waals surface area contributed by atoms with Crippen LogP contribution in [0.5, 0.6) is 0 Å². The van der Waals surface area contributed by atoms with Crippen LogP contribution in [0.2, 0.25) is 0 Å². The summed E-state index contributed by atoms with van der Waals surface area (Å²) < 4.78 is 0. The lowest BCUT2D eigenvalue weighted by molar-refractivity contribution is 0.118. The van der Waals surface area contributed by atoms with E-state index in [2.05, 4.69) is 20.4 Å². The summed E-state index contributed by atoms with van der Waals surface area (Å²) in [4.78, 5) is 4.58. The zero-order chi connectivity index (χ0) is 14.8. The van der Waals surface area contributed by atoms with Gasteiger partial charge in [0.15, 0.2) is 0 Å². The quantitative estimate of drug-likeness (QED) is 0.507. The summed E-state index contributed by atoms with van der Waals surface area (Å²) in [5.41, 5.74) is 0. The molecule has 0 aliphatic carbocycles. The highest BCUT2D eigenvalue weighted by molar-refractivity contribution is 4.69. The van der Waals surface area contributed by atoms with Gasteiger partial charge in [0.25, 0.3) is 0 Å². The summed E-state index contributed by atoms with van der Waals surface area (Å²) >= 11 is 0. The van der Waals surface area contributed by atoms with Crippen molar-refractivity contribution in [2.24, 2.45) is 0 Å². The van der Waals surface area contributed by atoms with Crippen LogP contribution >= 0.6 is 0 Å². The van der Waals surface area contributed by atoms with Crippen LogP contribution in [0.1, 0.15) is 13.8 Å². The third-order valence-electron chi connectivity index (χ3n) is 3.46. The molecule has 1 saturated heterocycles. The predicted molar refractivity (Wildman–Crippen MR) is 82.0 cm³/mol. The molecule has 0 aromatic carbocycles. The topological polar surface area (TPSA) is 71.0 Å². The lowest BCUT2D eigenvalue weighted by Gasteiger charge is -2.27. The predicted octanol–water partition coefficient (Wildman–Crippen LogP) is -1.46. The van der Waals surface area contributed by atoms with Gasteiger partial charge in [-0.1, -0.05) is 0 Å². The van der Waals surface area contributed by atoms with E-state index >= 15 is 0 Å². The molecule has 0 amide bonds. The number of hydrogen-bond donors (Lipinski definition) is 4. The molecule has 120 valence electrons. The molecule has 2 atom stereocenters. The lowest BCUT2D eigenvalue weighted by atomic mass is 10.3. The molecule has 6 heteroatoms. The Morgan fingerprint density at radius 1 is 0.750 bits per heavy atom. The van der Waals surface area contributed by atoms with Crippen molar-refractivity contribution in [3.63, 3.8) is 0 Å². The van der Waals surface area contributed by atoms with Crippen LogP contribution in [0, 0.1) is 0 Å². The molecule has 0 aromatic rings. The molecule has 20 heavy (non-hydrogen) atoms. The normalized spacial score (nSPS) is 24.6. The first kappa shape index (κ1) is 17.8. The zero-order valence-corrected chi connectivity index (χ0v) is 13.0. The third-order valence-corrected chi connectivity index (χ3v) is 3.46. The Morgan fingerprint density at radius 3 is 1.30 bits per heavy atom. The van der Waals surface area contributed by atoms with Gasteiger partial charge in [-0.15, -0.1) is 0 Å². The van der Waals surface area contributed by atoms with Crippen molar-refractivity contribution in [1.82, 2.24) is 20.4 Å². The highest BCUT2D eigenvalue weighted by Crippen LogP contribution is 1.94. The van der Waals surface area contributed by atoms with Crippen LogP contribution in [0.25, 0.3) is 0 Å². The largest absolute Gasteiger partial charge is 0.392 e. The molecule has 6 nitrogen and oxygen atoms in total. The number of rotatable bonds is 4. The molecule has 0 bridgehead atoms. The minimum absolute atomic E-state index is 0.274. The van der Waals surface area contributed by atoms with E-state index in [-0.39, 0.29) is 12.2 Å². The zero-order valence-electron chi connectivity index (χ0n) is 13.0. The van der Waals surface area contributed by atoms with E-state index in [0.29, 0.717) is 0 Å². The second kappa shape index (κ2) is 10.5. The Balaban J connectivity index is 2.34. The molecule has 1 aliphatic heterocycles. The van der Waals surface area contributed by atoms with Crippen molar-refractivity contribution in [3.05, 3.63) is 0 Å². The minimum Gasteiger partial charge on any atom is -0.392 e. The van der Waals surface area contributed by atoms with Crippen LogP contribution < -0.4 is 10.6 Å². The first-order valence-corrected chi connectivity index (χ1v) is 7.80. The molecule has 1 aliphatic rings. The number of hydrogen-bond acceptors (Lipinski definition) is 6. The van der Waals surface area contributed by atoms with Crippen LogP contribution in [-0.4, -0.2) is 97.7 Å². The van der Waals surface area contributed by atoms with Gasteiger partial charge >= 0.3 is 0 Å². The van der Waals surface area contributed by atoms with Gasteiger partial charge in [0.05, 0.1) is 12.2 Å². The molecule has 0 aromatic heterocycles. The van der Waals surface area contributed by atoms with Crippen LogP contribution in [0.4, 0.5) is 0 Å². The number of nitrogens with zero attached hydrogens (tertiary/aromatic N) is 2. The van der Waals surface area contributed by atoms with Crippen LogP contribution in [0.15, 0.2) is 0 Å². The Hall–Kier alpha value is -0.240. The second-order valence-electron chi connectivity index (χ2n) is 5.80. The third kappa shape index (κ3) is 8.84. The fraction of sp³-hybridized carbons (Fsp3) is 1.00. The van der Waals surface area contributed by atoms with Crippen molar-refractivity contribution in [1.29, 1.82) is 0 Å². The number of nitrogens with one attached hydrogen (secondary N) is 2. The van der Waals surface area contributed by atoms with E-state index in [9.17, 15) is 10.2 Å². The monoisotopic (exact) mass is 288 g/mol. The molecule has 4 N–H and O–H groups in total. The van der Waals surface area contributed by atoms with Crippen LogP contribution in [-0.2, 0) is 0 Å². The van der Waals surface area contributed by atoms with Crippen molar-refractivity contribution in [2.45, 2.75) is 26.1 Å². The van der Waals surface area contributed by atoms with Gasteiger partial charge in [0, 0.05) is 65.4 Å². The maximum absolute atomic E-state index is 9.50. The van der Waals surface area contributed by atoms with Gasteiger partial charge in [0.2, 0.25) is 0 Å². The smallest absolute Gasteiger partial charge is 0.0639 e. The molecular weight excluding hydrogens is 256 g/mol. The molecular formula is C14H32N4O2. The van der Waals surface area contributed by atoms with E-state index < -0.39 is 0 Å². The fourth-order valence-electron chi connectivity index (χ4n) is 2.53.